The summed E-state index contributed by atoms with van der Waals surface area (Å²) in [7, 11) is 1.93. The van der Waals surface area contributed by atoms with Crippen LogP contribution in [0.3, 0.4) is 0 Å². The number of benzene rings is 2. The van der Waals surface area contributed by atoms with Gasteiger partial charge in [0.15, 0.2) is 11.2 Å². The molecule has 1 saturated heterocycles. The zero-order valence-corrected chi connectivity index (χ0v) is 34.3. The monoisotopic (exact) mass is 860 g/mol. The second kappa shape index (κ2) is 22.7. The molecule has 5 rings (SSSR count). The third-order valence-corrected chi connectivity index (χ3v) is 9.91. The zero-order chi connectivity index (χ0) is 44.6. The molecule has 2 aromatic heterocycles. The number of nitrogens with zero attached hydrogens (tertiary/aromatic N) is 7. The van der Waals surface area contributed by atoms with E-state index in [1.54, 1.807) is 58.3 Å². The number of aromatic nitrogens is 4. The van der Waals surface area contributed by atoms with Gasteiger partial charge in [-0.05, 0) is 49.0 Å². The summed E-state index contributed by atoms with van der Waals surface area (Å²) in [5.41, 5.74) is 7.23. The van der Waals surface area contributed by atoms with Gasteiger partial charge in [0, 0.05) is 70.0 Å². The Balaban J connectivity index is 1.04. The summed E-state index contributed by atoms with van der Waals surface area (Å²) in [5.74, 6) is -3.48. The van der Waals surface area contributed by atoms with Crippen LogP contribution in [0.5, 0.6) is 5.75 Å². The molecule has 1 aliphatic heterocycles. The minimum Gasteiger partial charge on any atom is -0.492 e. The third-order valence-electron chi connectivity index (χ3n) is 9.91. The van der Waals surface area contributed by atoms with Gasteiger partial charge in [0.05, 0.1) is 44.6 Å². The zero-order valence-electron chi connectivity index (χ0n) is 34.3. The lowest BCUT2D eigenvalue weighted by Gasteiger charge is -2.32. The predicted molar refractivity (Wildman–Crippen MR) is 226 cm³/mol. The first kappa shape index (κ1) is 46.3. The molecule has 0 radical (unpaired) electrons. The van der Waals surface area contributed by atoms with E-state index < -0.39 is 35.4 Å². The number of fused-ring (bicyclic) bond motifs is 1. The van der Waals surface area contributed by atoms with Crippen molar-refractivity contribution in [3.8, 4) is 5.75 Å². The Labute approximate surface area is 356 Å². The fourth-order valence-electron chi connectivity index (χ4n) is 6.50. The number of aromatic amines is 1. The molecule has 0 unspecified atom stereocenters. The van der Waals surface area contributed by atoms with Crippen LogP contribution in [-0.2, 0) is 32.1 Å². The summed E-state index contributed by atoms with van der Waals surface area (Å²) >= 11 is 0. The van der Waals surface area contributed by atoms with Crippen molar-refractivity contribution in [3.05, 3.63) is 81.9 Å². The summed E-state index contributed by atoms with van der Waals surface area (Å²) in [5, 5.41) is 37.1. The van der Waals surface area contributed by atoms with Crippen LogP contribution >= 0.6 is 0 Å². The van der Waals surface area contributed by atoms with E-state index in [0.717, 1.165) is 0 Å². The third kappa shape index (κ3) is 15.1. The number of H-pyrrole nitrogens is 1. The molecule has 0 bridgehead atoms. The van der Waals surface area contributed by atoms with Gasteiger partial charge in [-0.3, -0.25) is 43.7 Å². The first-order valence-electron chi connectivity index (χ1n) is 19.9. The Morgan fingerprint density at radius 1 is 0.823 bits per heavy atom. The van der Waals surface area contributed by atoms with Gasteiger partial charge in [-0.1, -0.05) is 12.1 Å². The molecule has 1 fully saturated rings. The molecular formula is C40H52N12O10. The number of nitrogens with two attached hydrogens (primary N) is 1. The molecule has 22 nitrogen and oxygen atoms in total. The van der Waals surface area contributed by atoms with Crippen LogP contribution in [0, 0.1) is 0 Å². The van der Waals surface area contributed by atoms with E-state index in [2.05, 4.69) is 40.8 Å². The summed E-state index contributed by atoms with van der Waals surface area (Å²) < 4.78 is 5.79. The number of hydrogen-bond donors (Lipinski definition) is 8. The number of carboxylic acid groups (broad SMARTS) is 3. The van der Waals surface area contributed by atoms with Gasteiger partial charge in [0.25, 0.3) is 11.5 Å². The number of nitrogens with one attached hydrogen (secondary N) is 4. The number of carboxylic acids is 3. The summed E-state index contributed by atoms with van der Waals surface area (Å²) in [6.07, 6.45) is 1.48. The maximum atomic E-state index is 13.0. The summed E-state index contributed by atoms with van der Waals surface area (Å²) in [6, 6.07) is 11.9. The van der Waals surface area contributed by atoms with Crippen LogP contribution in [0.15, 0.2) is 59.5 Å². The first-order chi connectivity index (χ1) is 29.7. The number of carbonyl (C=O) groups excluding carboxylic acids is 2. The van der Waals surface area contributed by atoms with Crippen LogP contribution in [0.1, 0.15) is 21.6 Å². The minimum atomic E-state index is -1.21. The molecule has 0 aliphatic carbocycles. The lowest BCUT2D eigenvalue weighted by Crippen LogP contribution is -2.48. The van der Waals surface area contributed by atoms with E-state index in [1.807, 2.05) is 11.9 Å². The van der Waals surface area contributed by atoms with Crippen LogP contribution in [0.4, 0.5) is 11.6 Å². The Morgan fingerprint density at radius 2 is 1.42 bits per heavy atom. The maximum Gasteiger partial charge on any atom is 0.326 e. The standard InChI is InChI=1S/C40H52N12O10/c1-49-11-13-50(15-16-52(25-34(56)57)18-17-51(14-12-49)24-33(54)55)23-32(53)42-10-19-62-30-8-2-26(3-9-30)20-31(39(60)61)46-37(58)27-4-6-28(7-5-27)43-21-29-22-44-36-35(45-29)38(59)48-40(41)47-36/h2-9,22,31,43H,10-21,23-25H2,1H3,(H,42,53)(H,46,58)(H,54,55)(H,56,57)(H,60,61)(H3,41,44,47,48,59)/t31-/m0/s1. The number of anilines is 2. The van der Waals surface area contributed by atoms with Gasteiger partial charge in [0.1, 0.15) is 18.4 Å². The number of carbonyl (C=O) groups is 5. The average molecular weight is 861 g/mol. The lowest BCUT2D eigenvalue weighted by atomic mass is 10.1. The number of nitrogen functional groups attached to an aromatic ring is 1. The van der Waals surface area contributed by atoms with E-state index in [9.17, 15) is 44.1 Å². The number of hydrogen-bond acceptors (Lipinski definition) is 16. The lowest BCUT2D eigenvalue weighted by molar-refractivity contribution is -0.140. The van der Waals surface area contributed by atoms with E-state index in [4.69, 9.17) is 10.5 Å². The van der Waals surface area contributed by atoms with Crippen molar-refractivity contribution in [3.63, 3.8) is 0 Å². The molecule has 62 heavy (non-hydrogen) atoms. The van der Waals surface area contributed by atoms with Crippen molar-refractivity contribution in [2.75, 3.05) is 103 Å². The van der Waals surface area contributed by atoms with Crippen molar-refractivity contribution in [2.45, 2.75) is 19.0 Å². The molecule has 2 aromatic carbocycles. The highest BCUT2D eigenvalue weighted by Crippen LogP contribution is 2.15. The van der Waals surface area contributed by atoms with Crippen molar-refractivity contribution in [1.29, 1.82) is 0 Å². The molecule has 1 atom stereocenters. The fourth-order valence-corrected chi connectivity index (χ4v) is 6.50. The second-order valence-electron chi connectivity index (χ2n) is 14.7. The molecule has 22 heteroatoms. The van der Waals surface area contributed by atoms with Crippen molar-refractivity contribution >= 4 is 52.5 Å². The number of likely N-dealkylation sites (N-methyl/N-ethyl adjacent to an activating group) is 1. The normalized spacial score (nSPS) is 15.4. The molecule has 3 heterocycles. The van der Waals surface area contributed by atoms with Crippen LogP contribution in [0.2, 0.25) is 0 Å². The Bertz CT molecular complexity index is 2220. The van der Waals surface area contributed by atoms with Gasteiger partial charge in [-0.2, -0.15) is 4.98 Å². The quantitative estimate of drug-likeness (QED) is 0.0548. The van der Waals surface area contributed by atoms with Crippen LogP contribution in [0.25, 0.3) is 11.2 Å². The average Bonchev–Trinajstić information content (AvgIpc) is 3.23. The number of aliphatic carboxylic acids is 3. The predicted octanol–water partition coefficient (Wildman–Crippen LogP) is -1.15. The Morgan fingerprint density at radius 3 is 2.02 bits per heavy atom. The summed E-state index contributed by atoms with van der Waals surface area (Å²) in [4.78, 5) is 95.3. The highest BCUT2D eigenvalue weighted by molar-refractivity contribution is 5.97. The number of ether oxygens (including phenoxy) is 1. The van der Waals surface area contributed by atoms with Crippen molar-refractivity contribution in [2.24, 2.45) is 0 Å². The largest absolute Gasteiger partial charge is 0.492 e. The first-order valence-corrected chi connectivity index (χ1v) is 19.9. The van der Waals surface area contributed by atoms with Crippen molar-refractivity contribution < 1.29 is 44.0 Å². The van der Waals surface area contributed by atoms with E-state index in [1.165, 1.54) is 6.20 Å². The minimum absolute atomic E-state index is 0.0122. The van der Waals surface area contributed by atoms with Crippen LogP contribution in [-0.4, -0.2) is 183 Å². The topological polar surface area (TPSA) is 302 Å². The van der Waals surface area contributed by atoms with Gasteiger partial charge in [0.2, 0.25) is 11.9 Å². The van der Waals surface area contributed by atoms with Crippen molar-refractivity contribution in [1.82, 2.24) is 50.2 Å². The Hall–Kier alpha value is -6.75. The highest BCUT2D eigenvalue weighted by atomic mass is 16.5. The van der Waals surface area contributed by atoms with Gasteiger partial charge >= 0.3 is 17.9 Å². The fraction of sp³-hybridized carbons (Fsp3) is 0.425. The highest BCUT2D eigenvalue weighted by Gasteiger charge is 2.22. The van der Waals surface area contributed by atoms with Gasteiger partial charge in [-0.15, -0.1) is 0 Å². The molecule has 4 aromatic rings. The SMILES string of the molecule is CN1CCN(CC(=O)O)CCN(CC(=O)O)CCN(CC(=O)NCCOc2ccc(C[C@H](NC(=O)c3ccc(NCc4cnc5nc(N)[nH]c(=O)c5n4)cc3)C(=O)O)cc2)CC1. The molecular weight excluding hydrogens is 809 g/mol. The maximum absolute atomic E-state index is 13.0. The molecule has 0 saturated carbocycles. The number of amides is 2. The smallest absolute Gasteiger partial charge is 0.326 e. The van der Waals surface area contributed by atoms with Gasteiger partial charge < -0.3 is 46.6 Å². The van der Waals surface area contributed by atoms with Gasteiger partial charge in [-0.25, -0.2) is 14.8 Å². The molecule has 9 N–H and O–H groups in total. The van der Waals surface area contributed by atoms with E-state index >= 15 is 0 Å². The molecule has 2 amide bonds. The Kier molecular flexibility index (Phi) is 17.0. The molecule has 0 spiro atoms. The van der Waals surface area contributed by atoms with Crippen LogP contribution < -0.4 is 32.0 Å². The molecule has 1 aliphatic rings. The second-order valence-corrected chi connectivity index (χ2v) is 14.7. The van der Waals surface area contributed by atoms with E-state index in [-0.39, 0.29) is 74.3 Å². The number of rotatable bonds is 18. The summed E-state index contributed by atoms with van der Waals surface area (Å²) in [6.45, 7) is 4.32. The molecule has 332 valence electrons. The van der Waals surface area contributed by atoms with E-state index in [0.29, 0.717) is 75.1 Å².